The molecule has 1 aromatic heterocycles. The average molecular weight is 373 g/mol. The first-order valence-electron chi connectivity index (χ1n) is 8.62. The SMILES string of the molecule is O=C(COC(=O)c1csc2c1CCCC2)NCc1ccc2c(c1)OCO2. The number of ether oxygens (including phenoxy) is 3. The molecule has 7 heteroatoms. The first-order chi connectivity index (χ1) is 12.7. The number of hydrogen-bond acceptors (Lipinski definition) is 6. The number of hydrogen-bond donors (Lipinski definition) is 1. The van der Waals surface area contributed by atoms with Crippen LogP contribution in [0.2, 0.25) is 0 Å². The number of aryl methyl sites for hydroxylation is 1. The number of esters is 1. The van der Waals surface area contributed by atoms with Crippen LogP contribution >= 0.6 is 11.3 Å². The average Bonchev–Trinajstić information content (AvgIpc) is 3.30. The van der Waals surface area contributed by atoms with E-state index in [0.717, 1.165) is 30.4 Å². The smallest absolute Gasteiger partial charge is 0.339 e. The van der Waals surface area contributed by atoms with Gasteiger partial charge in [-0.2, -0.15) is 0 Å². The maximum absolute atomic E-state index is 12.3. The van der Waals surface area contributed by atoms with Gasteiger partial charge in [0, 0.05) is 16.8 Å². The summed E-state index contributed by atoms with van der Waals surface area (Å²) in [6, 6.07) is 5.49. The summed E-state index contributed by atoms with van der Waals surface area (Å²) in [5, 5.41) is 4.59. The molecule has 0 saturated heterocycles. The van der Waals surface area contributed by atoms with Gasteiger partial charge in [-0.1, -0.05) is 6.07 Å². The topological polar surface area (TPSA) is 73.9 Å². The summed E-state index contributed by atoms with van der Waals surface area (Å²) in [4.78, 5) is 25.5. The fraction of sp³-hybridized carbons (Fsp3) is 0.368. The van der Waals surface area contributed by atoms with E-state index in [1.54, 1.807) is 11.3 Å². The van der Waals surface area contributed by atoms with Gasteiger partial charge in [-0.25, -0.2) is 4.79 Å². The van der Waals surface area contributed by atoms with E-state index in [2.05, 4.69) is 5.32 Å². The summed E-state index contributed by atoms with van der Waals surface area (Å²) < 4.78 is 15.7. The minimum Gasteiger partial charge on any atom is -0.454 e. The third kappa shape index (κ3) is 3.53. The van der Waals surface area contributed by atoms with Crippen LogP contribution in [0.3, 0.4) is 0 Å². The maximum atomic E-state index is 12.3. The van der Waals surface area contributed by atoms with Gasteiger partial charge in [0.05, 0.1) is 5.56 Å². The number of thiophene rings is 1. The van der Waals surface area contributed by atoms with Gasteiger partial charge in [0.15, 0.2) is 18.1 Å². The summed E-state index contributed by atoms with van der Waals surface area (Å²) >= 11 is 1.61. The van der Waals surface area contributed by atoms with E-state index in [4.69, 9.17) is 14.2 Å². The zero-order valence-electron chi connectivity index (χ0n) is 14.2. The molecule has 2 aliphatic rings. The van der Waals surface area contributed by atoms with Crippen LogP contribution in [0, 0.1) is 0 Å². The van der Waals surface area contributed by atoms with Gasteiger partial charge in [-0.3, -0.25) is 4.79 Å². The molecule has 136 valence electrons. The van der Waals surface area contributed by atoms with E-state index >= 15 is 0 Å². The van der Waals surface area contributed by atoms with Gasteiger partial charge in [-0.15, -0.1) is 11.3 Å². The first kappa shape index (κ1) is 16.9. The van der Waals surface area contributed by atoms with Gasteiger partial charge in [0.2, 0.25) is 6.79 Å². The van der Waals surface area contributed by atoms with E-state index < -0.39 is 5.97 Å². The monoisotopic (exact) mass is 373 g/mol. The largest absolute Gasteiger partial charge is 0.454 e. The number of rotatable bonds is 5. The third-order valence-electron chi connectivity index (χ3n) is 4.54. The van der Waals surface area contributed by atoms with Crippen LogP contribution in [0.25, 0.3) is 0 Å². The van der Waals surface area contributed by atoms with Gasteiger partial charge in [0.1, 0.15) is 0 Å². The Morgan fingerprint density at radius 2 is 2.00 bits per heavy atom. The molecule has 0 radical (unpaired) electrons. The maximum Gasteiger partial charge on any atom is 0.339 e. The molecule has 1 amide bonds. The fourth-order valence-corrected chi connectivity index (χ4v) is 4.29. The second-order valence-electron chi connectivity index (χ2n) is 6.30. The molecular formula is C19H19NO5S. The summed E-state index contributed by atoms with van der Waals surface area (Å²) in [5.74, 6) is 0.626. The lowest BCUT2D eigenvalue weighted by molar-refractivity contribution is -0.124. The molecule has 1 aliphatic carbocycles. The van der Waals surface area contributed by atoms with Crippen LogP contribution in [-0.2, 0) is 28.9 Å². The molecular weight excluding hydrogens is 354 g/mol. The van der Waals surface area contributed by atoms with Crippen LogP contribution in [0.4, 0.5) is 0 Å². The molecule has 1 N–H and O–H groups in total. The highest BCUT2D eigenvalue weighted by molar-refractivity contribution is 7.10. The molecule has 0 atom stereocenters. The Kier molecular flexibility index (Phi) is 4.79. The molecule has 2 heterocycles. The van der Waals surface area contributed by atoms with Gasteiger partial charge in [-0.05, 0) is 48.9 Å². The van der Waals surface area contributed by atoms with Crippen LogP contribution < -0.4 is 14.8 Å². The van der Waals surface area contributed by atoms with Crippen molar-refractivity contribution in [1.29, 1.82) is 0 Å². The molecule has 0 unspecified atom stereocenters. The molecule has 2 aromatic rings. The highest BCUT2D eigenvalue weighted by Gasteiger charge is 2.21. The molecule has 0 bridgehead atoms. The second-order valence-corrected chi connectivity index (χ2v) is 7.26. The summed E-state index contributed by atoms with van der Waals surface area (Å²) in [6.07, 6.45) is 4.22. The third-order valence-corrected chi connectivity index (χ3v) is 5.63. The lowest BCUT2D eigenvalue weighted by atomic mass is 9.96. The Bertz CT molecular complexity index is 844. The predicted molar refractivity (Wildman–Crippen MR) is 95.7 cm³/mol. The Morgan fingerprint density at radius 3 is 2.92 bits per heavy atom. The zero-order valence-corrected chi connectivity index (χ0v) is 15.0. The lowest BCUT2D eigenvalue weighted by Gasteiger charge is -2.12. The fourth-order valence-electron chi connectivity index (χ4n) is 3.18. The zero-order chi connectivity index (χ0) is 17.9. The van der Waals surface area contributed by atoms with Crippen molar-refractivity contribution < 1.29 is 23.8 Å². The van der Waals surface area contributed by atoms with E-state index in [9.17, 15) is 9.59 Å². The molecule has 0 fully saturated rings. The normalized spacial score (nSPS) is 14.6. The van der Waals surface area contributed by atoms with Crippen molar-refractivity contribution in [3.05, 3.63) is 45.1 Å². The Labute approximate surface area is 155 Å². The minimum absolute atomic E-state index is 0.216. The standard InChI is InChI=1S/C19H19NO5S/c21-18(20-8-12-5-6-15-16(7-12)25-11-24-15)9-23-19(22)14-10-26-17-4-2-1-3-13(14)17/h5-7,10H,1-4,8-9,11H2,(H,20,21). The van der Waals surface area contributed by atoms with E-state index in [1.807, 2.05) is 23.6 Å². The van der Waals surface area contributed by atoms with Crippen LogP contribution in [0.15, 0.2) is 23.6 Å². The number of carbonyl (C=O) groups excluding carboxylic acids is 2. The van der Waals surface area contributed by atoms with E-state index in [1.165, 1.54) is 11.3 Å². The van der Waals surface area contributed by atoms with Crippen LogP contribution in [0.1, 0.15) is 39.2 Å². The number of nitrogens with one attached hydrogen (secondary N) is 1. The van der Waals surface area contributed by atoms with Crippen LogP contribution in [0.5, 0.6) is 11.5 Å². The van der Waals surface area contributed by atoms with Crippen molar-refractivity contribution in [3.63, 3.8) is 0 Å². The Morgan fingerprint density at radius 1 is 1.15 bits per heavy atom. The van der Waals surface area contributed by atoms with Gasteiger partial charge in [0.25, 0.3) is 5.91 Å². The highest BCUT2D eigenvalue weighted by Crippen LogP contribution is 2.32. The molecule has 1 aromatic carbocycles. The second kappa shape index (κ2) is 7.37. The quantitative estimate of drug-likeness (QED) is 0.816. The van der Waals surface area contributed by atoms with Crippen LogP contribution in [-0.4, -0.2) is 25.3 Å². The summed E-state index contributed by atoms with van der Waals surface area (Å²) in [5.41, 5.74) is 2.61. The molecule has 6 nitrogen and oxygen atoms in total. The minimum atomic E-state index is -0.414. The predicted octanol–water partition coefficient (Wildman–Crippen LogP) is 2.83. The molecule has 1 aliphatic heterocycles. The number of amides is 1. The van der Waals surface area contributed by atoms with Crippen molar-refractivity contribution in [2.24, 2.45) is 0 Å². The Hall–Kier alpha value is -2.54. The van der Waals surface area contributed by atoms with Crippen molar-refractivity contribution >= 4 is 23.2 Å². The molecule has 4 rings (SSSR count). The van der Waals surface area contributed by atoms with Crippen molar-refractivity contribution in [2.45, 2.75) is 32.2 Å². The molecule has 0 spiro atoms. The van der Waals surface area contributed by atoms with Gasteiger partial charge < -0.3 is 19.5 Å². The lowest BCUT2D eigenvalue weighted by Crippen LogP contribution is -2.28. The molecule has 0 saturated carbocycles. The number of fused-ring (bicyclic) bond motifs is 2. The number of carbonyl (C=O) groups is 2. The van der Waals surface area contributed by atoms with Crippen molar-refractivity contribution in [3.8, 4) is 11.5 Å². The first-order valence-corrected chi connectivity index (χ1v) is 9.50. The van der Waals surface area contributed by atoms with Crippen molar-refractivity contribution in [1.82, 2.24) is 5.32 Å². The summed E-state index contributed by atoms with van der Waals surface area (Å²) in [7, 11) is 0. The van der Waals surface area contributed by atoms with Crippen molar-refractivity contribution in [2.75, 3.05) is 13.4 Å². The Balaban J connectivity index is 1.27. The van der Waals surface area contributed by atoms with Gasteiger partial charge >= 0.3 is 5.97 Å². The number of benzene rings is 1. The summed E-state index contributed by atoms with van der Waals surface area (Å²) in [6.45, 7) is 0.266. The molecule has 26 heavy (non-hydrogen) atoms. The highest BCUT2D eigenvalue weighted by atomic mass is 32.1. The van der Waals surface area contributed by atoms with E-state index in [0.29, 0.717) is 23.6 Å². The van der Waals surface area contributed by atoms with E-state index in [-0.39, 0.29) is 19.3 Å².